The summed E-state index contributed by atoms with van der Waals surface area (Å²) in [4.78, 5) is 11.9. The van der Waals surface area contributed by atoms with Gasteiger partial charge in [0.15, 0.2) is 0 Å². The number of ether oxygens (including phenoxy) is 1. The quantitative estimate of drug-likeness (QED) is 0.661. The van der Waals surface area contributed by atoms with Gasteiger partial charge in [0.1, 0.15) is 6.61 Å². The van der Waals surface area contributed by atoms with Crippen molar-refractivity contribution in [1.82, 2.24) is 0 Å². The molecular formula is C14H10Cl3NO2. The van der Waals surface area contributed by atoms with E-state index in [-0.39, 0.29) is 6.61 Å². The van der Waals surface area contributed by atoms with Crippen LogP contribution in [0.4, 0.5) is 5.69 Å². The van der Waals surface area contributed by atoms with Crippen LogP contribution in [0.1, 0.15) is 15.9 Å². The molecule has 0 aliphatic rings. The molecular weight excluding hydrogens is 321 g/mol. The second kappa shape index (κ2) is 6.35. The van der Waals surface area contributed by atoms with Crippen molar-refractivity contribution >= 4 is 46.5 Å². The molecule has 0 saturated heterocycles. The zero-order valence-corrected chi connectivity index (χ0v) is 12.5. The molecule has 3 nitrogen and oxygen atoms in total. The van der Waals surface area contributed by atoms with Gasteiger partial charge in [0.05, 0.1) is 16.3 Å². The molecule has 0 unspecified atom stereocenters. The van der Waals surface area contributed by atoms with Crippen molar-refractivity contribution in [2.24, 2.45) is 0 Å². The van der Waals surface area contributed by atoms with Crippen LogP contribution in [0.3, 0.4) is 0 Å². The van der Waals surface area contributed by atoms with Crippen molar-refractivity contribution in [3.63, 3.8) is 0 Å². The fourth-order valence-electron chi connectivity index (χ4n) is 1.53. The lowest BCUT2D eigenvalue weighted by atomic mass is 10.2. The van der Waals surface area contributed by atoms with E-state index in [4.69, 9.17) is 45.3 Å². The number of anilines is 1. The van der Waals surface area contributed by atoms with Crippen molar-refractivity contribution in [1.29, 1.82) is 0 Å². The Morgan fingerprint density at radius 3 is 2.50 bits per heavy atom. The molecule has 2 aromatic carbocycles. The third-order valence-electron chi connectivity index (χ3n) is 2.60. The molecule has 20 heavy (non-hydrogen) atoms. The Bertz CT molecular complexity index is 659. The minimum Gasteiger partial charge on any atom is -0.457 e. The summed E-state index contributed by atoms with van der Waals surface area (Å²) < 4.78 is 5.16. The highest BCUT2D eigenvalue weighted by Crippen LogP contribution is 2.23. The number of carbonyl (C=O) groups excluding carboxylic acids is 1. The van der Waals surface area contributed by atoms with Crippen LogP contribution < -0.4 is 5.73 Å². The zero-order chi connectivity index (χ0) is 14.7. The number of nitrogens with two attached hydrogens (primary N) is 1. The first kappa shape index (κ1) is 15.0. The van der Waals surface area contributed by atoms with E-state index in [0.29, 0.717) is 31.9 Å². The fraction of sp³-hybridized carbons (Fsp3) is 0.0714. The van der Waals surface area contributed by atoms with E-state index in [9.17, 15) is 4.79 Å². The molecule has 2 N–H and O–H groups in total. The number of hydrogen-bond acceptors (Lipinski definition) is 3. The number of nitrogen functional groups attached to an aromatic ring is 1. The average molecular weight is 331 g/mol. The number of hydrogen-bond donors (Lipinski definition) is 1. The van der Waals surface area contributed by atoms with Crippen LogP contribution in [0.15, 0.2) is 36.4 Å². The maximum Gasteiger partial charge on any atom is 0.338 e. The maximum atomic E-state index is 11.9. The van der Waals surface area contributed by atoms with Crippen molar-refractivity contribution in [2.75, 3.05) is 5.73 Å². The normalized spacial score (nSPS) is 10.3. The lowest BCUT2D eigenvalue weighted by Crippen LogP contribution is -2.06. The first-order valence-corrected chi connectivity index (χ1v) is 6.77. The van der Waals surface area contributed by atoms with Gasteiger partial charge in [-0.2, -0.15) is 0 Å². The monoisotopic (exact) mass is 329 g/mol. The molecule has 0 atom stereocenters. The Hall–Kier alpha value is -1.42. The van der Waals surface area contributed by atoms with Crippen molar-refractivity contribution in [3.8, 4) is 0 Å². The molecule has 2 aromatic rings. The van der Waals surface area contributed by atoms with E-state index >= 15 is 0 Å². The third-order valence-corrected chi connectivity index (χ3v) is 3.53. The minimum atomic E-state index is -0.511. The molecule has 0 aromatic heterocycles. The maximum absolute atomic E-state index is 11.9. The summed E-state index contributed by atoms with van der Waals surface area (Å²) in [6.07, 6.45) is 0. The zero-order valence-electron chi connectivity index (χ0n) is 10.2. The van der Waals surface area contributed by atoms with Gasteiger partial charge in [-0.05, 0) is 36.4 Å². The summed E-state index contributed by atoms with van der Waals surface area (Å²) in [6.45, 7) is 0.0280. The van der Waals surface area contributed by atoms with Crippen molar-refractivity contribution in [3.05, 3.63) is 62.6 Å². The van der Waals surface area contributed by atoms with Gasteiger partial charge >= 0.3 is 5.97 Å². The summed E-state index contributed by atoms with van der Waals surface area (Å²) in [5, 5.41) is 1.31. The predicted octanol–water partition coefficient (Wildman–Crippen LogP) is 4.59. The molecule has 0 heterocycles. The van der Waals surface area contributed by atoms with Gasteiger partial charge in [0.25, 0.3) is 0 Å². The number of rotatable bonds is 3. The molecule has 0 aliphatic heterocycles. The van der Waals surface area contributed by atoms with E-state index in [1.807, 2.05) is 0 Å². The minimum absolute atomic E-state index is 0.0280. The van der Waals surface area contributed by atoms with Gasteiger partial charge in [-0.3, -0.25) is 0 Å². The molecule has 0 radical (unpaired) electrons. The summed E-state index contributed by atoms with van der Waals surface area (Å²) in [6, 6.07) is 9.50. The molecule has 6 heteroatoms. The van der Waals surface area contributed by atoms with E-state index in [2.05, 4.69) is 0 Å². The number of carbonyl (C=O) groups is 1. The van der Waals surface area contributed by atoms with E-state index in [1.165, 1.54) is 6.07 Å². The van der Waals surface area contributed by atoms with Crippen LogP contribution in [-0.4, -0.2) is 5.97 Å². The number of halogens is 3. The van der Waals surface area contributed by atoms with Gasteiger partial charge in [-0.1, -0.05) is 34.8 Å². The molecule has 2 rings (SSSR count). The smallest absolute Gasteiger partial charge is 0.338 e. The highest BCUT2D eigenvalue weighted by atomic mass is 35.5. The van der Waals surface area contributed by atoms with E-state index in [1.54, 1.807) is 30.3 Å². The van der Waals surface area contributed by atoms with Crippen molar-refractivity contribution < 1.29 is 9.53 Å². The Morgan fingerprint density at radius 2 is 1.80 bits per heavy atom. The summed E-state index contributed by atoms with van der Waals surface area (Å²) in [5.74, 6) is -0.511. The molecule has 0 amide bonds. The topological polar surface area (TPSA) is 52.3 Å². The molecule has 0 saturated carbocycles. The van der Waals surface area contributed by atoms with Gasteiger partial charge in [-0.25, -0.2) is 4.79 Å². The number of esters is 1. The largest absolute Gasteiger partial charge is 0.457 e. The Kier molecular flexibility index (Phi) is 4.76. The molecule has 0 fully saturated rings. The van der Waals surface area contributed by atoms with Crippen LogP contribution in [0.25, 0.3) is 0 Å². The standard InChI is InChI=1S/C14H10Cl3NO2/c15-10-2-3-11(16)9(5-10)7-20-14(19)8-1-4-13(18)12(17)6-8/h1-6H,7,18H2. The Balaban J connectivity index is 2.08. The van der Waals surface area contributed by atoms with Crippen LogP contribution in [0.5, 0.6) is 0 Å². The van der Waals surface area contributed by atoms with Gasteiger partial charge in [0.2, 0.25) is 0 Å². The van der Waals surface area contributed by atoms with Crippen LogP contribution >= 0.6 is 34.8 Å². The predicted molar refractivity (Wildman–Crippen MR) is 81.4 cm³/mol. The fourth-order valence-corrected chi connectivity index (χ4v) is 2.08. The highest BCUT2D eigenvalue weighted by molar-refractivity contribution is 6.34. The molecule has 0 bridgehead atoms. The van der Waals surface area contributed by atoms with Gasteiger partial charge < -0.3 is 10.5 Å². The lowest BCUT2D eigenvalue weighted by molar-refractivity contribution is 0.0473. The summed E-state index contributed by atoms with van der Waals surface area (Å²) >= 11 is 17.7. The molecule has 0 aliphatic carbocycles. The second-order valence-corrected chi connectivity index (χ2v) is 5.30. The van der Waals surface area contributed by atoms with Crippen LogP contribution in [0, 0.1) is 0 Å². The molecule has 104 valence electrons. The van der Waals surface area contributed by atoms with E-state index < -0.39 is 5.97 Å². The Labute approximate surface area is 131 Å². The van der Waals surface area contributed by atoms with Gasteiger partial charge in [-0.15, -0.1) is 0 Å². The second-order valence-electron chi connectivity index (χ2n) is 4.05. The molecule has 0 spiro atoms. The number of benzene rings is 2. The lowest BCUT2D eigenvalue weighted by Gasteiger charge is -2.08. The van der Waals surface area contributed by atoms with Crippen molar-refractivity contribution in [2.45, 2.75) is 6.61 Å². The average Bonchev–Trinajstić information content (AvgIpc) is 2.42. The SMILES string of the molecule is Nc1ccc(C(=O)OCc2cc(Cl)ccc2Cl)cc1Cl. The first-order chi connectivity index (χ1) is 9.47. The van der Waals surface area contributed by atoms with Crippen LogP contribution in [0.2, 0.25) is 15.1 Å². The van der Waals surface area contributed by atoms with E-state index in [0.717, 1.165) is 0 Å². The summed E-state index contributed by atoms with van der Waals surface area (Å²) in [5.41, 5.74) is 6.93. The summed E-state index contributed by atoms with van der Waals surface area (Å²) in [7, 11) is 0. The van der Waals surface area contributed by atoms with Gasteiger partial charge in [0, 0.05) is 15.6 Å². The third kappa shape index (κ3) is 3.57. The van der Waals surface area contributed by atoms with Crippen LogP contribution in [-0.2, 0) is 11.3 Å². The first-order valence-electron chi connectivity index (χ1n) is 5.63. The highest BCUT2D eigenvalue weighted by Gasteiger charge is 2.10. The Morgan fingerprint density at radius 1 is 1.05 bits per heavy atom.